The minimum absolute atomic E-state index is 0.195. The number of carbonyl (C=O) groups excluding carboxylic acids is 1. The predicted molar refractivity (Wildman–Crippen MR) is 116 cm³/mol. The smallest absolute Gasteiger partial charge is 0.319 e. The van der Waals surface area contributed by atoms with Gasteiger partial charge in [0.1, 0.15) is 0 Å². The van der Waals surface area contributed by atoms with Gasteiger partial charge in [-0.1, -0.05) is 29.8 Å². The summed E-state index contributed by atoms with van der Waals surface area (Å²) in [6.07, 6.45) is 2.20. The van der Waals surface area contributed by atoms with Crippen LogP contribution in [0.1, 0.15) is 24.0 Å². The van der Waals surface area contributed by atoms with Crippen LogP contribution in [0.4, 0.5) is 10.5 Å². The number of nitrogens with one attached hydrogen (secondary N) is 2. The number of nitrogens with zero attached hydrogens (tertiary/aromatic N) is 1. The molecular formula is C23H31N3O3. The lowest BCUT2D eigenvalue weighted by molar-refractivity contribution is 0.175. The second kappa shape index (κ2) is 10.2. The maximum Gasteiger partial charge on any atom is 0.319 e. The second-order valence-electron chi connectivity index (χ2n) is 7.61. The monoisotopic (exact) mass is 397 g/mol. The van der Waals surface area contributed by atoms with E-state index in [9.17, 15) is 4.79 Å². The molecule has 29 heavy (non-hydrogen) atoms. The average Bonchev–Trinajstić information content (AvgIpc) is 2.74. The van der Waals surface area contributed by atoms with Gasteiger partial charge in [0, 0.05) is 24.8 Å². The van der Waals surface area contributed by atoms with Crippen molar-refractivity contribution in [3.05, 3.63) is 53.6 Å². The van der Waals surface area contributed by atoms with E-state index in [4.69, 9.17) is 9.47 Å². The number of ether oxygens (including phenoxy) is 2. The predicted octanol–water partition coefficient (Wildman–Crippen LogP) is 4.05. The molecule has 0 unspecified atom stereocenters. The largest absolute Gasteiger partial charge is 0.493 e. The van der Waals surface area contributed by atoms with Crippen LogP contribution in [0.3, 0.4) is 0 Å². The van der Waals surface area contributed by atoms with Crippen molar-refractivity contribution >= 4 is 11.7 Å². The number of carbonyl (C=O) groups is 1. The van der Waals surface area contributed by atoms with Crippen LogP contribution in [0.2, 0.25) is 0 Å². The molecule has 0 aromatic heterocycles. The Labute approximate surface area is 173 Å². The number of rotatable bonds is 7. The third-order valence-electron chi connectivity index (χ3n) is 5.43. The molecule has 6 nitrogen and oxygen atoms in total. The van der Waals surface area contributed by atoms with Gasteiger partial charge in [0.2, 0.25) is 0 Å². The van der Waals surface area contributed by atoms with Gasteiger partial charge in [0.15, 0.2) is 11.5 Å². The molecule has 0 saturated carbocycles. The van der Waals surface area contributed by atoms with Gasteiger partial charge < -0.3 is 20.1 Å². The number of likely N-dealkylation sites (tertiary alicyclic amines) is 1. The van der Waals surface area contributed by atoms with Crippen molar-refractivity contribution in [2.75, 3.05) is 39.2 Å². The normalized spacial score (nSPS) is 15.0. The van der Waals surface area contributed by atoms with E-state index in [1.807, 2.05) is 0 Å². The first kappa shape index (κ1) is 21.0. The van der Waals surface area contributed by atoms with Gasteiger partial charge in [-0.15, -0.1) is 0 Å². The maximum atomic E-state index is 12.2. The molecular weight excluding hydrogens is 366 g/mol. The molecule has 1 fully saturated rings. The molecule has 0 bridgehead atoms. The molecule has 2 aromatic rings. The Bertz CT molecular complexity index is 800. The summed E-state index contributed by atoms with van der Waals surface area (Å²) < 4.78 is 10.5. The topological polar surface area (TPSA) is 62.8 Å². The third kappa shape index (κ3) is 6.12. The van der Waals surface area contributed by atoms with E-state index in [0.717, 1.165) is 32.5 Å². The van der Waals surface area contributed by atoms with Crippen LogP contribution < -0.4 is 20.1 Å². The summed E-state index contributed by atoms with van der Waals surface area (Å²) in [7, 11) is 3.16. The molecule has 1 heterocycles. The van der Waals surface area contributed by atoms with Gasteiger partial charge in [-0.05, 0) is 56.5 Å². The first-order chi connectivity index (χ1) is 14.1. The van der Waals surface area contributed by atoms with Crippen molar-refractivity contribution in [2.45, 2.75) is 26.3 Å². The van der Waals surface area contributed by atoms with Crippen molar-refractivity contribution < 1.29 is 14.3 Å². The molecule has 156 valence electrons. The van der Waals surface area contributed by atoms with E-state index in [1.54, 1.807) is 32.4 Å². The van der Waals surface area contributed by atoms with Crippen LogP contribution in [0, 0.1) is 12.8 Å². The highest BCUT2D eigenvalue weighted by molar-refractivity contribution is 5.89. The molecule has 1 aliphatic heterocycles. The first-order valence-electron chi connectivity index (χ1n) is 10.1. The zero-order chi connectivity index (χ0) is 20.6. The fraction of sp³-hybridized carbons (Fsp3) is 0.435. The molecule has 1 aliphatic rings. The van der Waals surface area contributed by atoms with Gasteiger partial charge >= 0.3 is 6.03 Å². The molecule has 3 rings (SSSR count). The van der Waals surface area contributed by atoms with E-state index in [-0.39, 0.29) is 6.03 Å². The van der Waals surface area contributed by atoms with E-state index < -0.39 is 0 Å². The SMILES string of the molecule is COc1ccc(NC(=O)NCC2CCN(Cc3ccc(C)cc3)CC2)cc1OC. The number of urea groups is 1. The lowest BCUT2D eigenvalue weighted by Crippen LogP contribution is -2.39. The molecule has 6 heteroatoms. The van der Waals surface area contributed by atoms with E-state index in [1.165, 1.54) is 11.1 Å². The van der Waals surface area contributed by atoms with E-state index in [0.29, 0.717) is 29.6 Å². The molecule has 0 aliphatic carbocycles. The van der Waals surface area contributed by atoms with E-state index in [2.05, 4.69) is 46.7 Å². The maximum absolute atomic E-state index is 12.2. The molecule has 2 N–H and O–H groups in total. The number of hydrogen-bond acceptors (Lipinski definition) is 4. The number of hydrogen-bond donors (Lipinski definition) is 2. The van der Waals surface area contributed by atoms with Gasteiger partial charge in [-0.3, -0.25) is 4.90 Å². The Morgan fingerprint density at radius 3 is 2.38 bits per heavy atom. The van der Waals surface area contributed by atoms with Crippen LogP contribution in [-0.2, 0) is 6.54 Å². The fourth-order valence-electron chi connectivity index (χ4n) is 3.63. The molecule has 0 radical (unpaired) electrons. The van der Waals surface area contributed by atoms with Crippen molar-refractivity contribution in [3.63, 3.8) is 0 Å². The highest BCUT2D eigenvalue weighted by Gasteiger charge is 2.20. The average molecular weight is 398 g/mol. The molecule has 2 amide bonds. The van der Waals surface area contributed by atoms with Gasteiger partial charge in [-0.2, -0.15) is 0 Å². The summed E-state index contributed by atoms with van der Waals surface area (Å²) in [5.41, 5.74) is 3.33. The Balaban J connectivity index is 1.39. The quantitative estimate of drug-likeness (QED) is 0.740. The Kier molecular flexibility index (Phi) is 7.36. The minimum Gasteiger partial charge on any atom is -0.493 e. The summed E-state index contributed by atoms with van der Waals surface area (Å²) in [5, 5.41) is 5.85. The number of methoxy groups -OCH3 is 2. The molecule has 0 atom stereocenters. The zero-order valence-electron chi connectivity index (χ0n) is 17.5. The highest BCUT2D eigenvalue weighted by Crippen LogP contribution is 2.29. The van der Waals surface area contributed by atoms with Crippen molar-refractivity contribution in [1.82, 2.24) is 10.2 Å². The summed E-state index contributed by atoms with van der Waals surface area (Å²) in [5.74, 6) is 1.74. The summed E-state index contributed by atoms with van der Waals surface area (Å²) in [4.78, 5) is 14.7. The molecule has 0 spiro atoms. The van der Waals surface area contributed by atoms with Crippen molar-refractivity contribution in [3.8, 4) is 11.5 Å². The van der Waals surface area contributed by atoms with Crippen LogP contribution in [-0.4, -0.2) is 44.8 Å². The van der Waals surface area contributed by atoms with Crippen molar-refractivity contribution in [2.24, 2.45) is 5.92 Å². The lowest BCUT2D eigenvalue weighted by atomic mass is 9.96. The lowest BCUT2D eigenvalue weighted by Gasteiger charge is -2.32. The number of amides is 2. The fourth-order valence-corrected chi connectivity index (χ4v) is 3.63. The second-order valence-corrected chi connectivity index (χ2v) is 7.61. The first-order valence-corrected chi connectivity index (χ1v) is 10.1. The number of piperidine rings is 1. The molecule has 2 aromatic carbocycles. The van der Waals surface area contributed by atoms with Crippen LogP contribution in [0.25, 0.3) is 0 Å². The van der Waals surface area contributed by atoms with Crippen molar-refractivity contribution in [1.29, 1.82) is 0 Å². The number of aryl methyl sites for hydroxylation is 1. The van der Waals surface area contributed by atoms with Gasteiger partial charge in [0.05, 0.1) is 14.2 Å². The number of benzene rings is 2. The van der Waals surface area contributed by atoms with E-state index >= 15 is 0 Å². The van der Waals surface area contributed by atoms with Crippen LogP contribution >= 0.6 is 0 Å². The Morgan fingerprint density at radius 2 is 1.72 bits per heavy atom. The summed E-state index contributed by atoms with van der Waals surface area (Å²) in [6, 6.07) is 13.9. The Morgan fingerprint density at radius 1 is 1.03 bits per heavy atom. The third-order valence-corrected chi connectivity index (χ3v) is 5.43. The standard InChI is InChI=1S/C23H31N3O3/c1-17-4-6-19(7-5-17)16-26-12-10-18(11-13-26)15-24-23(27)25-20-8-9-21(28-2)22(14-20)29-3/h4-9,14,18H,10-13,15-16H2,1-3H3,(H2,24,25,27). The summed E-state index contributed by atoms with van der Waals surface area (Å²) >= 11 is 0. The molecule has 1 saturated heterocycles. The van der Waals surface area contributed by atoms with Gasteiger partial charge in [0.25, 0.3) is 0 Å². The van der Waals surface area contributed by atoms with Gasteiger partial charge in [-0.25, -0.2) is 4.79 Å². The Hall–Kier alpha value is -2.73. The summed E-state index contributed by atoms with van der Waals surface area (Å²) in [6.45, 7) is 5.94. The zero-order valence-corrected chi connectivity index (χ0v) is 17.5. The van der Waals surface area contributed by atoms with Crippen LogP contribution in [0.5, 0.6) is 11.5 Å². The highest BCUT2D eigenvalue weighted by atomic mass is 16.5. The van der Waals surface area contributed by atoms with Crippen LogP contribution in [0.15, 0.2) is 42.5 Å². The minimum atomic E-state index is -0.195. The number of anilines is 1.